The molecule has 0 spiro atoms. The number of hydrazine groups is 1. The summed E-state index contributed by atoms with van der Waals surface area (Å²) >= 11 is 0. The minimum absolute atomic E-state index is 0.215. The van der Waals surface area contributed by atoms with E-state index in [-0.39, 0.29) is 18.4 Å². The SMILES string of the molecule is CCOC(=O)C(C)CCNC(=O)C(=O)NN. The minimum atomic E-state index is -0.913. The van der Waals surface area contributed by atoms with Crippen LogP contribution >= 0.6 is 0 Å². The number of rotatable bonds is 5. The van der Waals surface area contributed by atoms with Crippen LogP contribution in [0.3, 0.4) is 0 Å². The van der Waals surface area contributed by atoms with Gasteiger partial charge in [-0.1, -0.05) is 6.92 Å². The maximum atomic E-state index is 11.2. The number of carbonyl (C=O) groups is 3. The van der Waals surface area contributed by atoms with Crippen molar-refractivity contribution < 1.29 is 19.1 Å². The van der Waals surface area contributed by atoms with Crippen molar-refractivity contribution in [1.82, 2.24) is 10.7 Å². The molecule has 0 heterocycles. The van der Waals surface area contributed by atoms with Crippen LogP contribution in [-0.2, 0) is 19.1 Å². The summed E-state index contributed by atoms with van der Waals surface area (Å²) in [5.74, 6) is 2.39. The van der Waals surface area contributed by atoms with E-state index in [1.165, 1.54) is 0 Å². The van der Waals surface area contributed by atoms with Crippen molar-refractivity contribution in [3.05, 3.63) is 0 Å². The molecule has 92 valence electrons. The predicted molar refractivity (Wildman–Crippen MR) is 55.8 cm³/mol. The highest BCUT2D eigenvalue weighted by Gasteiger charge is 2.15. The highest BCUT2D eigenvalue weighted by atomic mass is 16.5. The first-order chi connectivity index (χ1) is 7.52. The van der Waals surface area contributed by atoms with Crippen molar-refractivity contribution >= 4 is 17.8 Å². The van der Waals surface area contributed by atoms with E-state index in [2.05, 4.69) is 5.32 Å². The zero-order chi connectivity index (χ0) is 12.6. The van der Waals surface area contributed by atoms with Gasteiger partial charge in [0.2, 0.25) is 0 Å². The summed E-state index contributed by atoms with van der Waals surface area (Å²) in [6.45, 7) is 3.95. The smallest absolute Gasteiger partial charge is 0.323 e. The van der Waals surface area contributed by atoms with Crippen molar-refractivity contribution in [2.75, 3.05) is 13.2 Å². The second-order valence-corrected chi connectivity index (χ2v) is 3.17. The summed E-state index contributed by atoms with van der Waals surface area (Å²) < 4.78 is 4.78. The lowest BCUT2D eigenvalue weighted by atomic mass is 10.1. The van der Waals surface area contributed by atoms with Crippen molar-refractivity contribution in [2.24, 2.45) is 11.8 Å². The van der Waals surface area contributed by atoms with Crippen LogP contribution < -0.4 is 16.6 Å². The van der Waals surface area contributed by atoms with E-state index in [0.717, 1.165) is 0 Å². The van der Waals surface area contributed by atoms with Crippen LogP contribution in [-0.4, -0.2) is 30.9 Å². The van der Waals surface area contributed by atoms with Gasteiger partial charge in [-0.25, -0.2) is 5.84 Å². The monoisotopic (exact) mass is 231 g/mol. The second-order valence-electron chi connectivity index (χ2n) is 3.17. The highest BCUT2D eigenvalue weighted by Crippen LogP contribution is 2.02. The van der Waals surface area contributed by atoms with Crippen LogP contribution in [0.4, 0.5) is 0 Å². The topological polar surface area (TPSA) is 111 Å². The maximum Gasteiger partial charge on any atom is 0.323 e. The Balaban J connectivity index is 3.77. The Hall–Kier alpha value is -1.63. The Morgan fingerprint density at radius 3 is 2.44 bits per heavy atom. The second kappa shape index (κ2) is 7.63. The average Bonchev–Trinajstić information content (AvgIpc) is 2.27. The third-order valence-electron chi connectivity index (χ3n) is 1.89. The molecular formula is C9H17N3O4. The van der Waals surface area contributed by atoms with Crippen molar-refractivity contribution in [3.8, 4) is 0 Å². The largest absolute Gasteiger partial charge is 0.466 e. The van der Waals surface area contributed by atoms with Gasteiger partial charge in [0.25, 0.3) is 0 Å². The van der Waals surface area contributed by atoms with Crippen LogP contribution in [0.2, 0.25) is 0 Å². The van der Waals surface area contributed by atoms with Gasteiger partial charge in [-0.05, 0) is 13.3 Å². The lowest BCUT2D eigenvalue weighted by Crippen LogP contribution is -2.43. The van der Waals surface area contributed by atoms with Crippen molar-refractivity contribution in [2.45, 2.75) is 20.3 Å². The normalized spacial score (nSPS) is 11.4. The average molecular weight is 231 g/mol. The lowest BCUT2D eigenvalue weighted by Gasteiger charge is -2.10. The van der Waals surface area contributed by atoms with E-state index in [1.54, 1.807) is 19.3 Å². The number of ether oxygens (including phenoxy) is 1. The molecule has 0 fully saturated rings. The van der Waals surface area contributed by atoms with Crippen LogP contribution in [0.25, 0.3) is 0 Å². The van der Waals surface area contributed by atoms with Crippen LogP contribution in [0.5, 0.6) is 0 Å². The summed E-state index contributed by atoms with van der Waals surface area (Å²) in [4.78, 5) is 32.8. The Kier molecular flexibility index (Phi) is 6.86. The molecule has 0 saturated carbocycles. The van der Waals surface area contributed by atoms with Gasteiger partial charge in [0, 0.05) is 6.54 Å². The third kappa shape index (κ3) is 5.30. The highest BCUT2D eigenvalue weighted by molar-refractivity contribution is 6.34. The number of nitrogens with one attached hydrogen (secondary N) is 2. The van der Waals surface area contributed by atoms with Crippen molar-refractivity contribution in [1.29, 1.82) is 0 Å². The van der Waals surface area contributed by atoms with E-state index < -0.39 is 11.8 Å². The molecule has 0 aromatic rings. The summed E-state index contributed by atoms with van der Waals surface area (Å²) in [5, 5.41) is 2.32. The number of hydrogen-bond acceptors (Lipinski definition) is 5. The van der Waals surface area contributed by atoms with Gasteiger partial charge in [0.05, 0.1) is 12.5 Å². The maximum absolute atomic E-state index is 11.2. The molecule has 0 radical (unpaired) electrons. The van der Waals surface area contributed by atoms with Gasteiger partial charge in [0.15, 0.2) is 0 Å². The van der Waals surface area contributed by atoms with E-state index in [4.69, 9.17) is 10.6 Å². The van der Waals surface area contributed by atoms with Crippen LogP contribution in [0, 0.1) is 5.92 Å². The van der Waals surface area contributed by atoms with Gasteiger partial charge in [0.1, 0.15) is 0 Å². The first kappa shape index (κ1) is 14.4. The molecule has 0 aliphatic rings. The molecule has 0 aliphatic carbocycles. The molecule has 0 bridgehead atoms. The predicted octanol–water partition coefficient (Wildman–Crippen LogP) is -1.32. The molecule has 0 aromatic carbocycles. The fourth-order valence-corrected chi connectivity index (χ4v) is 0.950. The summed E-state index contributed by atoms with van der Waals surface area (Å²) in [6, 6.07) is 0. The Bertz CT molecular complexity index is 267. The Labute approximate surface area is 93.7 Å². The first-order valence-electron chi connectivity index (χ1n) is 4.98. The molecule has 0 aliphatic heterocycles. The zero-order valence-corrected chi connectivity index (χ0v) is 9.41. The molecule has 1 atom stereocenters. The molecule has 2 amide bonds. The quantitative estimate of drug-likeness (QED) is 0.179. The fraction of sp³-hybridized carbons (Fsp3) is 0.667. The van der Waals surface area contributed by atoms with Gasteiger partial charge in [-0.15, -0.1) is 0 Å². The molecule has 1 unspecified atom stereocenters. The van der Waals surface area contributed by atoms with Gasteiger partial charge < -0.3 is 10.1 Å². The summed E-state index contributed by atoms with van der Waals surface area (Å²) in [5.41, 5.74) is 1.70. The summed E-state index contributed by atoms with van der Waals surface area (Å²) in [7, 11) is 0. The van der Waals surface area contributed by atoms with Crippen LogP contribution in [0.1, 0.15) is 20.3 Å². The number of hydrogen-bond donors (Lipinski definition) is 3. The molecule has 0 saturated heterocycles. The Morgan fingerprint density at radius 2 is 1.94 bits per heavy atom. The number of esters is 1. The molecule has 0 aromatic heterocycles. The minimum Gasteiger partial charge on any atom is -0.466 e. The summed E-state index contributed by atoms with van der Waals surface area (Å²) in [6.07, 6.45) is 0.405. The van der Waals surface area contributed by atoms with Crippen molar-refractivity contribution in [3.63, 3.8) is 0 Å². The lowest BCUT2D eigenvalue weighted by molar-refractivity contribution is -0.147. The van der Waals surface area contributed by atoms with E-state index in [1.807, 2.05) is 0 Å². The van der Waals surface area contributed by atoms with Gasteiger partial charge >= 0.3 is 17.8 Å². The van der Waals surface area contributed by atoms with E-state index in [9.17, 15) is 14.4 Å². The van der Waals surface area contributed by atoms with Crippen LogP contribution in [0.15, 0.2) is 0 Å². The molecule has 16 heavy (non-hydrogen) atoms. The van der Waals surface area contributed by atoms with E-state index >= 15 is 0 Å². The molecule has 7 heteroatoms. The van der Waals surface area contributed by atoms with Gasteiger partial charge in [-0.3, -0.25) is 19.8 Å². The Morgan fingerprint density at radius 1 is 1.31 bits per heavy atom. The zero-order valence-electron chi connectivity index (χ0n) is 9.41. The fourth-order valence-electron chi connectivity index (χ4n) is 0.950. The molecular weight excluding hydrogens is 214 g/mol. The molecule has 7 nitrogen and oxygen atoms in total. The first-order valence-corrected chi connectivity index (χ1v) is 4.98. The standard InChI is InChI=1S/C9H17N3O4/c1-3-16-9(15)6(2)4-5-11-7(13)8(14)12-10/h6H,3-5,10H2,1-2H3,(H,11,13)(H,12,14). The molecule has 4 N–H and O–H groups in total. The number of amides is 2. The van der Waals surface area contributed by atoms with E-state index in [0.29, 0.717) is 13.0 Å². The number of nitrogens with two attached hydrogens (primary N) is 1. The third-order valence-corrected chi connectivity index (χ3v) is 1.89. The molecule has 0 rings (SSSR count). The number of carbonyl (C=O) groups excluding carboxylic acids is 3. The van der Waals surface area contributed by atoms with Gasteiger partial charge in [-0.2, -0.15) is 0 Å².